The average molecular weight is 260 g/mol. The van der Waals surface area contributed by atoms with E-state index >= 15 is 0 Å². The van der Waals surface area contributed by atoms with E-state index in [1.54, 1.807) is 6.92 Å². The van der Waals surface area contributed by atoms with Crippen LogP contribution in [0.5, 0.6) is 0 Å². The smallest absolute Gasteiger partial charge is 0.0425 e. The fourth-order valence-electron chi connectivity index (χ4n) is 1.76. The van der Waals surface area contributed by atoms with E-state index in [1.165, 1.54) is 11.1 Å². The second-order valence-corrected chi connectivity index (χ2v) is 4.67. The van der Waals surface area contributed by atoms with Crippen molar-refractivity contribution in [3.63, 3.8) is 0 Å². The van der Waals surface area contributed by atoms with Crippen molar-refractivity contribution in [2.45, 2.75) is 40.5 Å². The van der Waals surface area contributed by atoms with E-state index in [0.29, 0.717) is 5.71 Å². The number of hydrogen-bond acceptors (Lipinski definition) is 2. The van der Waals surface area contributed by atoms with Crippen LogP contribution >= 0.6 is 0 Å². The fraction of sp³-hybridized carbons (Fsp3) is 0.471. The summed E-state index contributed by atoms with van der Waals surface area (Å²) in [5.74, 6) is 0. The third-order valence-corrected chi connectivity index (χ3v) is 3.00. The van der Waals surface area contributed by atoms with Gasteiger partial charge in [-0.05, 0) is 43.9 Å². The van der Waals surface area contributed by atoms with Gasteiger partial charge in [0, 0.05) is 25.0 Å². The molecule has 0 amide bonds. The van der Waals surface area contributed by atoms with Crippen molar-refractivity contribution in [1.82, 2.24) is 4.90 Å². The van der Waals surface area contributed by atoms with Gasteiger partial charge in [0.2, 0.25) is 0 Å². The van der Waals surface area contributed by atoms with Gasteiger partial charge in [0.1, 0.15) is 0 Å². The predicted octanol–water partition coefficient (Wildman–Crippen LogP) is 4.72. The lowest BCUT2D eigenvalue weighted by atomic mass is 10.0. The molecule has 0 radical (unpaired) electrons. The largest absolute Gasteiger partial charge is 0.374 e. The minimum atomic E-state index is 0.571. The maximum absolute atomic E-state index is 7.49. The van der Waals surface area contributed by atoms with E-state index in [2.05, 4.69) is 44.5 Å². The molecular formula is C17H28N2. The molecule has 0 aromatic rings. The zero-order valence-electron chi connectivity index (χ0n) is 13.1. The third-order valence-electron chi connectivity index (χ3n) is 3.00. The first kappa shape index (κ1) is 17.4. The lowest BCUT2D eigenvalue weighted by Crippen LogP contribution is -2.20. The zero-order valence-corrected chi connectivity index (χ0v) is 13.1. The SMILES string of the molecule is C=C(CC)N(C)CC(=C\CC)/C(/C=C\C(C)=N)=C/C. The Morgan fingerprint density at radius 3 is 2.32 bits per heavy atom. The Kier molecular flexibility index (Phi) is 8.60. The van der Waals surface area contributed by atoms with Crippen LogP contribution in [0.4, 0.5) is 0 Å². The molecule has 0 aliphatic heterocycles. The molecule has 1 N–H and O–H groups in total. The van der Waals surface area contributed by atoms with Crippen LogP contribution in [0.15, 0.2) is 47.7 Å². The molecule has 2 nitrogen and oxygen atoms in total. The van der Waals surface area contributed by atoms with E-state index < -0.39 is 0 Å². The zero-order chi connectivity index (χ0) is 14.8. The monoisotopic (exact) mass is 260 g/mol. The van der Waals surface area contributed by atoms with Crippen LogP contribution < -0.4 is 0 Å². The first-order chi connectivity index (χ1) is 8.96. The van der Waals surface area contributed by atoms with Gasteiger partial charge in [-0.25, -0.2) is 0 Å². The van der Waals surface area contributed by atoms with Gasteiger partial charge >= 0.3 is 0 Å². The molecule has 106 valence electrons. The molecule has 0 heterocycles. The van der Waals surface area contributed by atoms with Crippen LogP contribution in [0, 0.1) is 5.41 Å². The number of nitrogens with one attached hydrogen (secondary N) is 1. The normalized spacial score (nSPS) is 12.9. The summed E-state index contributed by atoms with van der Waals surface area (Å²) in [6.45, 7) is 13.0. The molecule has 0 aliphatic rings. The second-order valence-electron chi connectivity index (χ2n) is 4.67. The summed E-state index contributed by atoms with van der Waals surface area (Å²) in [7, 11) is 2.08. The summed E-state index contributed by atoms with van der Waals surface area (Å²) in [6, 6.07) is 0. The van der Waals surface area contributed by atoms with Crippen LogP contribution in [0.3, 0.4) is 0 Å². The summed E-state index contributed by atoms with van der Waals surface area (Å²) < 4.78 is 0. The molecular weight excluding hydrogens is 232 g/mol. The Hall–Kier alpha value is -1.57. The number of nitrogens with zero attached hydrogens (tertiary/aromatic N) is 1. The first-order valence-electron chi connectivity index (χ1n) is 6.94. The molecule has 0 rings (SSSR count). The number of hydrogen-bond donors (Lipinski definition) is 1. The molecule has 0 saturated carbocycles. The van der Waals surface area contributed by atoms with Crippen LogP contribution in [-0.2, 0) is 0 Å². The molecule has 0 aromatic carbocycles. The number of allylic oxidation sites excluding steroid dienone is 5. The molecule has 2 heteroatoms. The van der Waals surface area contributed by atoms with Gasteiger partial charge < -0.3 is 10.3 Å². The third kappa shape index (κ3) is 6.80. The summed E-state index contributed by atoms with van der Waals surface area (Å²) in [4.78, 5) is 2.19. The number of likely N-dealkylation sites (N-methyl/N-ethyl adjacent to an activating group) is 1. The molecule has 0 bridgehead atoms. The van der Waals surface area contributed by atoms with Gasteiger partial charge in [0.15, 0.2) is 0 Å². The standard InChI is InChI=1S/C17H28N2/c1-7-10-17(13-19(6)15(5)8-2)16(9-3)12-11-14(4)18/h9-12,18H,5,7-8,13H2,1-4,6H3/b12-11-,16-9+,17-10+,18-14?. The van der Waals surface area contributed by atoms with Crippen LogP contribution in [0.25, 0.3) is 0 Å². The van der Waals surface area contributed by atoms with Gasteiger partial charge in [0.05, 0.1) is 0 Å². The molecule has 19 heavy (non-hydrogen) atoms. The Morgan fingerprint density at radius 2 is 1.89 bits per heavy atom. The molecule has 0 spiro atoms. The van der Waals surface area contributed by atoms with Gasteiger partial charge in [-0.15, -0.1) is 0 Å². The molecule has 0 aromatic heterocycles. The lowest BCUT2D eigenvalue weighted by molar-refractivity contribution is 0.443. The molecule has 0 unspecified atom stereocenters. The topological polar surface area (TPSA) is 27.1 Å². The maximum atomic E-state index is 7.49. The average Bonchev–Trinajstić information content (AvgIpc) is 2.38. The van der Waals surface area contributed by atoms with Crippen molar-refractivity contribution in [2.24, 2.45) is 0 Å². The highest BCUT2D eigenvalue weighted by Crippen LogP contribution is 2.16. The van der Waals surface area contributed by atoms with Gasteiger partial charge in [0.25, 0.3) is 0 Å². The minimum absolute atomic E-state index is 0.571. The highest BCUT2D eigenvalue weighted by atomic mass is 15.1. The summed E-state index contributed by atoms with van der Waals surface area (Å²) in [6.07, 6.45) is 10.2. The quantitative estimate of drug-likeness (QED) is 0.496. The van der Waals surface area contributed by atoms with Crippen molar-refractivity contribution >= 4 is 5.71 Å². The molecule has 0 fully saturated rings. The molecule has 0 atom stereocenters. The van der Waals surface area contributed by atoms with E-state index in [1.807, 2.05) is 19.1 Å². The predicted molar refractivity (Wildman–Crippen MR) is 86.7 cm³/mol. The fourth-order valence-corrected chi connectivity index (χ4v) is 1.76. The lowest BCUT2D eigenvalue weighted by Gasteiger charge is -2.23. The first-order valence-corrected chi connectivity index (χ1v) is 6.94. The second kappa shape index (κ2) is 9.37. The van der Waals surface area contributed by atoms with E-state index in [0.717, 1.165) is 25.1 Å². The Labute approximate surface area is 118 Å². The molecule has 0 aliphatic carbocycles. The Bertz CT molecular complexity index is 397. The molecule has 0 saturated heterocycles. The van der Waals surface area contributed by atoms with E-state index in [9.17, 15) is 0 Å². The minimum Gasteiger partial charge on any atom is -0.374 e. The van der Waals surface area contributed by atoms with Crippen molar-refractivity contribution in [2.75, 3.05) is 13.6 Å². The van der Waals surface area contributed by atoms with Gasteiger partial charge in [-0.3, -0.25) is 0 Å². The van der Waals surface area contributed by atoms with Gasteiger partial charge in [-0.2, -0.15) is 0 Å². The maximum Gasteiger partial charge on any atom is 0.0425 e. The van der Waals surface area contributed by atoms with Crippen molar-refractivity contribution < 1.29 is 0 Å². The highest BCUT2D eigenvalue weighted by Gasteiger charge is 2.06. The summed E-state index contributed by atoms with van der Waals surface area (Å²) in [5, 5.41) is 7.49. The van der Waals surface area contributed by atoms with Gasteiger partial charge in [-0.1, -0.05) is 38.7 Å². The summed E-state index contributed by atoms with van der Waals surface area (Å²) >= 11 is 0. The number of rotatable bonds is 8. The summed E-state index contributed by atoms with van der Waals surface area (Å²) in [5.41, 5.74) is 4.19. The van der Waals surface area contributed by atoms with E-state index in [4.69, 9.17) is 5.41 Å². The van der Waals surface area contributed by atoms with Crippen molar-refractivity contribution in [3.8, 4) is 0 Å². The van der Waals surface area contributed by atoms with Crippen LogP contribution in [-0.4, -0.2) is 24.2 Å². The van der Waals surface area contributed by atoms with E-state index in [-0.39, 0.29) is 0 Å². The van der Waals surface area contributed by atoms with Crippen molar-refractivity contribution in [3.05, 3.63) is 47.7 Å². The van der Waals surface area contributed by atoms with Crippen LogP contribution in [0.1, 0.15) is 40.5 Å². The Morgan fingerprint density at radius 1 is 1.26 bits per heavy atom. The Balaban J connectivity index is 5.05. The highest BCUT2D eigenvalue weighted by molar-refractivity contribution is 5.90. The van der Waals surface area contributed by atoms with Crippen LogP contribution in [0.2, 0.25) is 0 Å². The van der Waals surface area contributed by atoms with Crippen molar-refractivity contribution in [1.29, 1.82) is 5.41 Å².